The summed E-state index contributed by atoms with van der Waals surface area (Å²) < 4.78 is 33.3. The predicted molar refractivity (Wildman–Crippen MR) is 242 cm³/mol. The molecule has 0 spiro atoms. The number of aliphatic hydroxyl groups is 2. The van der Waals surface area contributed by atoms with Crippen molar-refractivity contribution < 1.29 is 43.0 Å². The molecule has 10 heteroatoms. The third-order valence-corrected chi connectivity index (χ3v) is 10.3. The van der Waals surface area contributed by atoms with E-state index in [9.17, 15) is 19.4 Å². The number of hydrogen-bond donors (Lipinski definition) is 3. The largest absolute Gasteiger partial charge is 0.472 e. The van der Waals surface area contributed by atoms with Gasteiger partial charge in [0.05, 0.1) is 26.4 Å². The summed E-state index contributed by atoms with van der Waals surface area (Å²) in [6.07, 6.45) is 53.2. The summed E-state index contributed by atoms with van der Waals surface area (Å²) in [5, 5.41) is 18.3. The van der Waals surface area contributed by atoms with Crippen LogP contribution in [0.3, 0.4) is 0 Å². The number of aliphatic hydroxyl groups excluding tert-OH is 2. The van der Waals surface area contributed by atoms with Crippen molar-refractivity contribution in [1.82, 2.24) is 0 Å². The average Bonchev–Trinajstić information content (AvgIpc) is 3.21. The Morgan fingerprint density at radius 1 is 0.552 bits per heavy atom. The molecule has 3 atom stereocenters. The second-order valence-electron chi connectivity index (χ2n) is 15.0. The highest BCUT2D eigenvalue weighted by molar-refractivity contribution is 7.47. The van der Waals surface area contributed by atoms with Gasteiger partial charge in [-0.2, -0.15) is 0 Å². The minimum Gasteiger partial charge on any atom is -0.457 e. The number of rotatable bonds is 43. The van der Waals surface area contributed by atoms with Crippen LogP contribution in [0.2, 0.25) is 0 Å². The number of unbranched alkanes of at least 4 members (excludes halogenated alkanes) is 17. The van der Waals surface area contributed by atoms with E-state index in [-0.39, 0.29) is 13.0 Å². The Hall–Kier alpha value is -2.10. The Kier molecular flexibility index (Phi) is 42.8. The Labute approximate surface area is 354 Å². The van der Waals surface area contributed by atoms with E-state index in [1.807, 2.05) is 12.2 Å². The molecular formula is C48H85O9P. The molecule has 0 aliphatic carbocycles. The number of esters is 1. The smallest absolute Gasteiger partial charge is 0.457 e. The molecule has 0 radical (unpaired) electrons. The van der Waals surface area contributed by atoms with Crippen LogP contribution in [0.1, 0.15) is 181 Å². The Morgan fingerprint density at radius 2 is 0.983 bits per heavy atom. The maximum Gasteiger partial charge on any atom is 0.472 e. The molecular weight excluding hydrogens is 751 g/mol. The summed E-state index contributed by atoms with van der Waals surface area (Å²) in [6, 6.07) is 0. The first-order chi connectivity index (χ1) is 28.3. The molecule has 0 saturated heterocycles. The van der Waals surface area contributed by atoms with E-state index in [1.165, 1.54) is 103 Å². The van der Waals surface area contributed by atoms with Gasteiger partial charge in [0.1, 0.15) is 12.2 Å². The fourth-order valence-corrected chi connectivity index (χ4v) is 6.72. The second-order valence-corrected chi connectivity index (χ2v) is 16.5. The summed E-state index contributed by atoms with van der Waals surface area (Å²) in [4.78, 5) is 22.5. The van der Waals surface area contributed by atoms with Crippen LogP contribution in [0.5, 0.6) is 0 Å². The van der Waals surface area contributed by atoms with Gasteiger partial charge in [-0.05, 0) is 70.6 Å². The number of ether oxygens (including phenoxy) is 2. The Morgan fingerprint density at radius 3 is 1.48 bits per heavy atom. The van der Waals surface area contributed by atoms with E-state index in [0.717, 1.165) is 51.4 Å². The third kappa shape index (κ3) is 43.5. The van der Waals surface area contributed by atoms with Gasteiger partial charge in [-0.3, -0.25) is 13.8 Å². The Bertz CT molecular complexity index is 1130. The van der Waals surface area contributed by atoms with Crippen LogP contribution in [0.4, 0.5) is 0 Å². The highest BCUT2D eigenvalue weighted by Crippen LogP contribution is 2.43. The molecule has 0 heterocycles. The molecule has 0 aromatic heterocycles. The fourth-order valence-electron chi connectivity index (χ4n) is 5.93. The number of allylic oxidation sites excluding steroid dienone is 12. The average molecular weight is 837 g/mol. The van der Waals surface area contributed by atoms with Crippen molar-refractivity contribution in [1.29, 1.82) is 0 Å². The first-order valence-corrected chi connectivity index (χ1v) is 24.4. The van der Waals surface area contributed by atoms with Gasteiger partial charge >= 0.3 is 13.8 Å². The standard InChI is InChI=1S/C48H85O9P/c1-3-5-7-9-11-13-15-17-18-19-20-21-22-23-24-25-26-27-29-31-33-35-37-39-41-54-44-47(45-56-58(52,53)55-43-46(50)42-49)57-48(51)40-38-36-34-32-30-28-16-14-12-10-8-6-4-2/h6,8,12,14-15,17,19-20,28,30,34,36,46-47,49-50H,3-5,7,9-11,13,16,18,21-27,29,31-33,35,37-45H2,1-2H3,(H,52,53)/b8-6-,14-12-,17-15-,20-19-,30-28-,36-34-. The third-order valence-electron chi connectivity index (χ3n) is 9.39. The molecule has 0 amide bonds. The lowest BCUT2D eigenvalue weighted by Gasteiger charge is -2.20. The monoisotopic (exact) mass is 837 g/mol. The van der Waals surface area contributed by atoms with E-state index in [0.29, 0.717) is 13.0 Å². The lowest BCUT2D eigenvalue weighted by molar-refractivity contribution is -0.154. The molecule has 9 nitrogen and oxygen atoms in total. The van der Waals surface area contributed by atoms with Crippen molar-refractivity contribution in [3.8, 4) is 0 Å². The van der Waals surface area contributed by atoms with Crippen LogP contribution in [0, 0.1) is 0 Å². The number of phosphoric acid groups is 1. The SMILES string of the molecule is CC/C=C\C/C=C\C/C=C\C/C=C\CCC(=O)OC(COCCCCCCCCCCCCCC/C=C\C/C=C\CCCCCCC)COP(=O)(O)OCC(O)CO. The predicted octanol–water partition coefficient (Wildman–Crippen LogP) is 12.9. The number of hydrogen-bond acceptors (Lipinski definition) is 8. The zero-order chi connectivity index (χ0) is 42.5. The van der Waals surface area contributed by atoms with Crippen molar-refractivity contribution in [2.75, 3.05) is 33.0 Å². The van der Waals surface area contributed by atoms with Crippen molar-refractivity contribution >= 4 is 13.8 Å². The molecule has 3 unspecified atom stereocenters. The first kappa shape index (κ1) is 55.9. The zero-order valence-corrected chi connectivity index (χ0v) is 37.6. The van der Waals surface area contributed by atoms with Gasteiger partial charge in [0.2, 0.25) is 0 Å². The molecule has 0 bridgehead atoms. The van der Waals surface area contributed by atoms with E-state index in [4.69, 9.17) is 23.6 Å². The van der Waals surface area contributed by atoms with E-state index < -0.39 is 45.8 Å². The summed E-state index contributed by atoms with van der Waals surface area (Å²) in [5.41, 5.74) is 0. The van der Waals surface area contributed by atoms with Crippen LogP contribution >= 0.6 is 7.82 Å². The summed E-state index contributed by atoms with van der Waals surface area (Å²) in [7, 11) is -4.54. The molecule has 336 valence electrons. The van der Waals surface area contributed by atoms with Crippen LogP contribution < -0.4 is 0 Å². The van der Waals surface area contributed by atoms with Crippen molar-refractivity contribution in [2.24, 2.45) is 0 Å². The highest BCUT2D eigenvalue weighted by atomic mass is 31.2. The Balaban J connectivity index is 4.13. The zero-order valence-electron chi connectivity index (χ0n) is 36.7. The molecule has 0 fully saturated rings. The molecule has 58 heavy (non-hydrogen) atoms. The minimum absolute atomic E-state index is 0.0165. The van der Waals surface area contributed by atoms with Crippen molar-refractivity contribution in [3.05, 3.63) is 72.9 Å². The van der Waals surface area contributed by atoms with Crippen molar-refractivity contribution in [3.63, 3.8) is 0 Å². The second kappa shape index (κ2) is 44.5. The van der Waals surface area contributed by atoms with E-state index in [2.05, 4.69) is 74.6 Å². The quantitative estimate of drug-likeness (QED) is 0.0238. The molecule has 0 aliphatic rings. The molecule has 0 aromatic carbocycles. The van der Waals surface area contributed by atoms with Crippen LogP contribution in [-0.4, -0.2) is 66.3 Å². The van der Waals surface area contributed by atoms with Crippen LogP contribution in [0.15, 0.2) is 72.9 Å². The topological polar surface area (TPSA) is 132 Å². The van der Waals surface area contributed by atoms with E-state index in [1.54, 1.807) is 0 Å². The fraction of sp³-hybridized carbons (Fsp3) is 0.729. The summed E-state index contributed by atoms with van der Waals surface area (Å²) >= 11 is 0. The molecule has 0 saturated carbocycles. The van der Waals surface area contributed by atoms with Gasteiger partial charge in [-0.15, -0.1) is 0 Å². The van der Waals surface area contributed by atoms with Gasteiger partial charge in [0, 0.05) is 13.0 Å². The lowest BCUT2D eigenvalue weighted by atomic mass is 10.0. The van der Waals surface area contributed by atoms with Gasteiger partial charge in [0.25, 0.3) is 0 Å². The molecule has 0 rings (SSSR count). The number of carbonyl (C=O) groups is 1. The van der Waals surface area contributed by atoms with Crippen molar-refractivity contribution in [2.45, 2.75) is 193 Å². The van der Waals surface area contributed by atoms with Crippen LogP contribution in [-0.2, 0) is 27.9 Å². The van der Waals surface area contributed by atoms with Gasteiger partial charge < -0.3 is 24.6 Å². The summed E-state index contributed by atoms with van der Waals surface area (Å²) in [6.45, 7) is 3.28. The lowest BCUT2D eigenvalue weighted by Crippen LogP contribution is -2.29. The first-order valence-electron chi connectivity index (χ1n) is 22.9. The molecule has 3 N–H and O–H groups in total. The number of carbonyl (C=O) groups excluding carboxylic acids is 1. The van der Waals surface area contributed by atoms with Gasteiger partial charge in [0.15, 0.2) is 0 Å². The van der Waals surface area contributed by atoms with Crippen LogP contribution in [0.25, 0.3) is 0 Å². The normalized spacial score (nSPS) is 14.6. The number of phosphoric ester groups is 1. The van der Waals surface area contributed by atoms with E-state index >= 15 is 0 Å². The van der Waals surface area contributed by atoms with Gasteiger partial charge in [-0.1, -0.05) is 177 Å². The summed E-state index contributed by atoms with van der Waals surface area (Å²) in [5.74, 6) is -0.464. The maximum absolute atomic E-state index is 12.6. The van der Waals surface area contributed by atoms with Gasteiger partial charge in [-0.25, -0.2) is 4.57 Å². The molecule has 0 aliphatic heterocycles. The minimum atomic E-state index is -4.54. The maximum atomic E-state index is 12.6. The molecule has 0 aromatic rings. The highest BCUT2D eigenvalue weighted by Gasteiger charge is 2.26.